The average molecular weight is 424 g/mol. The van der Waals surface area contributed by atoms with E-state index in [4.69, 9.17) is 21.3 Å². The fraction of sp³-hybridized carbons (Fsp3) is 0.850. The molecule has 1 amide bonds. The molecule has 1 aliphatic heterocycles. The molecule has 2 heterocycles. The summed E-state index contributed by atoms with van der Waals surface area (Å²) >= 11 is 0. The molecule has 4 aliphatic carbocycles. The van der Waals surface area contributed by atoms with Crippen LogP contribution in [0.3, 0.4) is 0 Å². The van der Waals surface area contributed by atoms with Gasteiger partial charge in [-0.15, -0.1) is 5.10 Å². The molecule has 4 bridgehead atoms. The van der Waals surface area contributed by atoms with Gasteiger partial charge in [0.15, 0.2) is 6.23 Å². The van der Waals surface area contributed by atoms with E-state index in [0.29, 0.717) is 11.5 Å². The third kappa shape index (κ3) is 3.87. The number of aliphatic hydroxyl groups is 3. The van der Waals surface area contributed by atoms with Crippen LogP contribution in [0.4, 0.5) is 0 Å². The second-order valence-corrected chi connectivity index (χ2v) is 9.71. The summed E-state index contributed by atoms with van der Waals surface area (Å²) in [5, 5.41) is 31.8. The third-order valence-electron chi connectivity index (χ3n) is 7.56. The van der Waals surface area contributed by atoms with Gasteiger partial charge in [0.05, 0.1) is 6.61 Å². The topological polar surface area (TPSA) is 170 Å². The summed E-state index contributed by atoms with van der Waals surface area (Å²) in [6.07, 6.45) is 5.70. The molecule has 1 unspecified atom stereocenters. The highest BCUT2D eigenvalue weighted by atomic mass is 16.6. The van der Waals surface area contributed by atoms with Crippen molar-refractivity contribution in [3.63, 3.8) is 0 Å². The van der Waals surface area contributed by atoms with Crippen molar-refractivity contribution in [2.45, 2.75) is 76.0 Å². The summed E-state index contributed by atoms with van der Waals surface area (Å²) in [5.74, 6) is 2.13. The summed E-state index contributed by atoms with van der Waals surface area (Å²) in [6.45, 7) is 1.80. The minimum absolute atomic E-state index is 0.220. The highest BCUT2D eigenvalue weighted by molar-refractivity contribution is 5.88. The first-order chi connectivity index (χ1) is 14.2. The number of aromatic nitrogens is 3. The van der Waals surface area contributed by atoms with E-state index in [0.717, 1.165) is 28.8 Å². The molecule has 10 heteroatoms. The summed E-state index contributed by atoms with van der Waals surface area (Å²) in [5.41, 5.74) is 11.7. The Kier molecular flexibility index (Phi) is 5.88. The number of amides is 1. The van der Waals surface area contributed by atoms with Gasteiger partial charge in [-0.1, -0.05) is 0 Å². The highest BCUT2D eigenvalue weighted by Crippen LogP contribution is 2.60. The Morgan fingerprint density at radius 1 is 1.23 bits per heavy atom. The molecule has 0 spiro atoms. The lowest BCUT2D eigenvalue weighted by molar-refractivity contribution is -0.0637. The van der Waals surface area contributed by atoms with Crippen molar-refractivity contribution in [3.05, 3.63) is 12.2 Å². The summed E-state index contributed by atoms with van der Waals surface area (Å²) in [7, 11) is 0. The normalized spacial score (nSPS) is 42.6. The van der Waals surface area contributed by atoms with Crippen molar-refractivity contribution < 1.29 is 24.9 Å². The molecule has 10 nitrogen and oxygen atoms in total. The van der Waals surface area contributed by atoms with Gasteiger partial charge in [-0.3, -0.25) is 4.79 Å². The van der Waals surface area contributed by atoms with Crippen LogP contribution in [0.25, 0.3) is 0 Å². The molecule has 1 aromatic heterocycles. The summed E-state index contributed by atoms with van der Waals surface area (Å²) in [6, 6.07) is 0.445. The molecule has 7 N–H and O–H groups in total. The number of carbonyl (C=O) groups is 1. The van der Waals surface area contributed by atoms with Gasteiger partial charge in [-0.2, -0.15) is 0 Å². The largest absolute Gasteiger partial charge is 0.394 e. The third-order valence-corrected chi connectivity index (χ3v) is 7.56. The molecule has 5 aliphatic rings. The second-order valence-electron chi connectivity index (χ2n) is 9.71. The zero-order valence-corrected chi connectivity index (χ0v) is 17.3. The molecule has 0 radical (unpaired) electrons. The Hall–Kier alpha value is -1.59. The number of ether oxygens (including phenoxy) is 1. The molecule has 6 rings (SSSR count). The lowest BCUT2D eigenvalue weighted by Gasteiger charge is -2.58. The Morgan fingerprint density at radius 3 is 2.20 bits per heavy atom. The standard InChI is InChI=1S/C12H21N.C8H12N4O5/c1-8(13)12-5-9-2-10(6-12)4-11(3-9)7-12;9-6(16)7-10-2-12(11-7)8-5(15)4(14)3(1-13)17-8/h8-11H,2-7,13H2,1H3;2-5,8,13-15H,1H2,(H2,9,16)/t;3-,4-,5-,8-/m.1/s1. The van der Waals surface area contributed by atoms with Crippen molar-refractivity contribution in [1.82, 2.24) is 14.8 Å². The van der Waals surface area contributed by atoms with Crippen LogP contribution in [-0.2, 0) is 4.74 Å². The van der Waals surface area contributed by atoms with Crippen LogP contribution < -0.4 is 11.5 Å². The van der Waals surface area contributed by atoms with E-state index in [1.807, 2.05) is 0 Å². The van der Waals surface area contributed by atoms with Crippen LogP contribution >= 0.6 is 0 Å². The molecule has 5 fully saturated rings. The van der Waals surface area contributed by atoms with E-state index < -0.39 is 37.1 Å². The van der Waals surface area contributed by atoms with Gasteiger partial charge in [0.25, 0.3) is 5.91 Å². The van der Waals surface area contributed by atoms with Crippen molar-refractivity contribution in [1.29, 1.82) is 0 Å². The lowest BCUT2D eigenvalue weighted by Crippen LogP contribution is -2.53. The van der Waals surface area contributed by atoms with E-state index in [1.165, 1.54) is 38.5 Å². The Balaban J connectivity index is 0.000000150. The van der Waals surface area contributed by atoms with E-state index >= 15 is 0 Å². The maximum absolute atomic E-state index is 10.8. The number of hydrogen-bond acceptors (Lipinski definition) is 8. The molecular weight excluding hydrogens is 390 g/mol. The highest BCUT2D eigenvalue weighted by Gasteiger charge is 2.52. The molecule has 0 aromatic carbocycles. The van der Waals surface area contributed by atoms with E-state index in [2.05, 4.69) is 17.0 Å². The zero-order valence-electron chi connectivity index (χ0n) is 17.3. The van der Waals surface area contributed by atoms with Gasteiger partial charge in [-0.25, -0.2) is 9.67 Å². The van der Waals surface area contributed by atoms with Crippen LogP contribution in [0, 0.1) is 23.2 Å². The van der Waals surface area contributed by atoms with Crippen molar-refractivity contribution in [2.75, 3.05) is 6.61 Å². The van der Waals surface area contributed by atoms with Crippen molar-refractivity contribution in [2.24, 2.45) is 34.6 Å². The van der Waals surface area contributed by atoms with Gasteiger partial charge in [-0.05, 0) is 68.6 Å². The monoisotopic (exact) mass is 423 g/mol. The number of primary amides is 1. The smallest absolute Gasteiger partial charge is 0.288 e. The van der Waals surface area contributed by atoms with Gasteiger partial charge in [0.1, 0.15) is 24.6 Å². The minimum atomic E-state index is -1.27. The quantitative estimate of drug-likeness (QED) is 0.433. The van der Waals surface area contributed by atoms with Gasteiger partial charge >= 0.3 is 0 Å². The fourth-order valence-corrected chi connectivity index (χ4v) is 6.34. The lowest BCUT2D eigenvalue weighted by atomic mass is 9.48. The van der Waals surface area contributed by atoms with Gasteiger partial charge < -0.3 is 31.5 Å². The molecule has 5 atom stereocenters. The number of nitrogens with two attached hydrogens (primary N) is 2. The van der Waals surface area contributed by atoms with Crippen molar-refractivity contribution >= 4 is 5.91 Å². The Morgan fingerprint density at radius 2 is 1.80 bits per heavy atom. The number of rotatable bonds is 4. The van der Waals surface area contributed by atoms with Crippen molar-refractivity contribution in [3.8, 4) is 0 Å². The van der Waals surface area contributed by atoms with Crippen LogP contribution in [0.15, 0.2) is 6.33 Å². The average Bonchev–Trinajstić information content (AvgIpc) is 3.27. The van der Waals surface area contributed by atoms with Gasteiger partial charge in [0.2, 0.25) is 5.82 Å². The Labute approximate surface area is 175 Å². The molecular formula is C20H33N5O5. The maximum Gasteiger partial charge on any atom is 0.288 e. The van der Waals surface area contributed by atoms with E-state index in [-0.39, 0.29) is 5.82 Å². The van der Waals surface area contributed by atoms with Crippen LogP contribution in [0.2, 0.25) is 0 Å². The molecule has 168 valence electrons. The number of hydrogen-bond donors (Lipinski definition) is 5. The predicted molar refractivity (Wildman–Crippen MR) is 106 cm³/mol. The molecule has 4 saturated carbocycles. The van der Waals surface area contributed by atoms with Crippen LogP contribution in [0.5, 0.6) is 0 Å². The minimum Gasteiger partial charge on any atom is -0.394 e. The Bertz CT molecular complexity index is 733. The van der Waals surface area contributed by atoms with Gasteiger partial charge in [0, 0.05) is 6.04 Å². The molecule has 30 heavy (non-hydrogen) atoms. The number of carbonyl (C=O) groups excluding carboxylic acids is 1. The first-order valence-corrected chi connectivity index (χ1v) is 10.8. The number of nitrogens with zero attached hydrogens (tertiary/aromatic N) is 3. The second kappa shape index (κ2) is 8.16. The molecule has 1 saturated heterocycles. The molecule has 1 aromatic rings. The maximum atomic E-state index is 10.8. The number of aliphatic hydroxyl groups excluding tert-OH is 3. The first-order valence-electron chi connectivity index (χ1n) is 10.8. The summed E-state index contributed by atoms with van der Waals surface area (Å²) < 4.78 is 6.25. The van der Waals surface area contributed by atoms with E-state index in [1.54, 1.807) is 0 Å². The first kappa shape index (κ1) is 21.6. The van der Waals surface area contributed by atoms with Crippen LogP contribution in [0.1, 0.15) is 62.3 Å². The fourth-order valence-electron chi connectivity index (χ4n) is 6.34. The SMILES string of the molecule is CC(N)C12CC3CC(CC(C3)C1)C2.NC(=O)c1ncn([C@@H]2O[C@H](CO)[C@@H](O)[C@H]2O)n1. The predicted octanol–water partition coefficient (Wildman–Crippen LogP) is -0.461. The van der Waals surface area contributed by atoms with Crippen LogP contribution in [-0.4, -0.2) is 67.0 Å². The van der Waals surface area contributed by atoms with E-state index in [9.17, 15) is 15.0 Å². The summed E-state index contributed by atoms with van der Waals surface area (Å²) in [4.78, 5) is 14.4. The zero-order chi connectivity index (χ0) is 21.6.